The third-order valence-corrected chi connectivity index (χ3v) is 3.26. The second-order valence-electron chi connectivity index (χ2n) is 4.57. The van der Waals surface area contributed by atoms with Crippen LogP contribution in [0.15, 0.2) is 36.4 Å². The Balaban J connectivity index is 2.49. The van der Waals surface area contributed by atoms with Crippen molar-refractivity contribution in [2.45, 2.75) is 13.3 Å². The SMILES string of the molecule is CC(=O)C(Cc1ccc(N)c2ccccc12)C(=O)O. The average Bonchev–Trinajstić information content (AvgIpc) is 2.37. The topological polar surface area (TPSA) is 80.4 Å². The van der Waals surface area contributed by atoms with Gasteiger partial charge in [0.25, 0.3) is 0 Å². The number of aliphatic carboxylic acids is 1. The summed E-state index contributed by atoms with van der Waals surface area (Å²) in [5, 5.41) is 10.9. The first-order valence-electron chi connectivity index (χ1n) is 6.00. The Hall–Kier alpha value is -2.36. The predicted molar refractivity (Wildman–Crippen MR) is 73.9 cm³/mol. The summed E-state index contributed by atoms with van der Waals surface area (Å²) in [6, 6.07) is 11.1. The molecule has 1 unspecified atom stereocenters. The summed E-state index contributed by atoms with van der Waals surface area (Å²) in [6.45, 7) is 1.30. The van der Waals surface area contributed by atoms with Crippen LogP contribution in [-0.4, -0.2) is 16.9 Å². The molecular weight excluding hydrogens is 242 g/mol. The van der Waals surface area contributed by atoms with Crippen LogP contribution in [0.1, 0.15) is 12.5 Å². The molecule has 0 fully saturated rings. The van der Waals surface area contributed by atoms with E-state index in [4.69, 9.17) is 10.8 Å². The van der Waals surface area contributed by atoms with Crippen LogP contribution in [0.25, 0.3) is 10.8 Å². The smallest absolute Gasteiger partial charge is 0.314 e. The maximum atomic E-state index is 11.4. The Kier molecular flexibility index (Phi) is 3.51. The van der Waals surface area contributed by atoms with Gasteiger partial charge in [0.05, 0.1) is 0 Å². The van der Waals surface area contributed by atoms with Crippen LogP contribution < -0.4 is 5.73 Å². The first-order valence-corrected chi connectivity index (χ1v) is 6.00. The number of carboxylic acids is 1. The minimum Gasteiger partial charge on any atom is -0.481 e. The molecular formula is C15H15NO3. The van der Waals surface area contributed by atoms with E-state index in [-0.39, 0.29) is 12.2 Å². The van der Waals surface area contributed by atoms with Crippen molar-refractivity contribution in [2.24, 2.45) is 5.92 Å². The average molecular weight is 257 g/mol. The van der Waals surface area contributed by atoms with Gasteiger partial charge in [0.2, 0.25) is 0 Å². The van der Waals surface area contributed by atoms with Crippen molar-refractivity contribution in [3.8, 4) is 0 Å². The van der Waals surface area contributed by atoms with Crippen LogP contribution >= 0.6 is 0 Å². The van der Waals surface area contributed by atoms with Crippen molar-refractivity contribution in [3.05, 3.63) is 42.0 Å². The van der Waals surface area contributed by atoms with Gasteiger partial charge >= 0.3 is 5.97 Å². The zero-order chi connectivity index (χ0) is 14.0. The van der Waals surface area contributed by atoms with E-state index in [1.54, 1.807) is 12.1 Å². The van der Waals surface area contributed by atoms with Gasteiger partial charge in [-0.05, 0) is 30.4 Å². The Morgan fingerprint density at radius 3 is 2.37 bits per heavy atom. The molecule has 0 aliphatic carbocycles. The number of benzene rings is 2. The lowest BCUT2D eigenvalue weighted by molar-refractivity contribution is -0.145. The van der Waals surface area contributed by atoms with Crippen molar-refractivity contribution in [2.75, 3.05) is 5.73 Å². The van der Waals surface area contributed by atoms with Crippen molar-refractivity contribution in [1.82, 2.24) is 0 Å². The largest absolute Gasteiger partial charge is 0.481 e. The fraction of sp³-hybridized carbons (Fsp3) is 0.200. The predicted octanol–water partition coefficient (Wildman–Crippen LogP) is 2.25. The summed E-state index contributed by atoms with van der Waals surface area (Å²) in [5.74, 6) is -2.44. The van der Waals surface area contributed by atoms with E-state index in [9.17, 15) is 9.59 Å². The molecule has 4 nitrogen and oxygen atoms in total. The molecule has 2 aromatic rings. The fourth-order valence-corrected chi connectivity index (χ4v) is 2.19. The number of carboxylic acid groups (broad SMARTS) is 1. The number of fused-ring (bicyclic) bond motifs is 1. The molecule has 19 heavy (non-hydrogen) atoms. The van der Waals surface area contributed by atoms with Crippen LogP contribution in [0.2, 0.25) is 0 Å². The van der Waals surface area contributed by atoms with Gasteiger partial charge in [0.1, 0.15) is 11.7 Å². The lowest BCUT2D eigenvalue weighted by atomic mass is 9.92. The van der Waals surface area contributed by atoms with Gasteiger partial charge in [-0.1, -0.05) is 30.3 Å². The molecule has 0 saturated carbocycles. The Morgan fingerprint density at radius 1 is 1.16 bits per heavy atom. The number of hydrogen-bond acceptors (Lipinski definition) is 3. The standard InChI is InChI=1S/C15H15NO3/c1-9(17)13(15(18)19)8-10-6-7-14(16)12-5-3-2-4-11(10)12/h2-7,13H,8,16H2,1H3,(H,18,19). The molecule has 0 spiro atoms. The van der Waals surface area contributed by atoms with Crippen LogP contribution in [0, 0.1) is 5.92 Å². The number of carbonyl (C=O) groups is 2. The maximum absolute atomic E-state index is 11.4. The molecule has 1 atom stereocenters. The zero-order valence-electron chi connectivity index (χ0n) is 10.6. The molecule has 0 saturated heterocycles. The van der Waals surface area contributed by atoms with Crippen LogP contribution in [-0.2, 0) is 16.0 Å². The lowest BCUT2D eigenvalue weighted by Crippen LogP contribution is -2.23. The van der Waals surface area contributed by atoms with E-state index in [2.05, 4.69) is 0 Å². The molecule has 2 rings (SSSR count). The van der Waals surface area contributed by atoms with E-state index in [0.717, 1.165) is 16.3 Å². The van der Waals surface area contributed by atoms with Gasteiger partial charge in [0, 0.05) is 11.1 Å². The maximum Gasteiger partial charge on any atom is 0.314 e. The third kappa shape index (κ3) is 2.57. The third-order valence-electron chi connectivity index (χ3n) is 3.26. The van der Waals surface area contributed by atoms with Gasteiger partial charge in [-0.2, -0.15) is 0 Å². The van der Waals surface area contributed by atoms with Gasteiger partial charge in [-0.3, -0.25) is 9.59 Å². The van der Waals surface area contributed by atoms with E-state index in [1.807, 2.05) is 24.3 Å². The van der Waals surface area contributed by atoms with Gasteiger partial charge in [-0.25, -0.2) is 0 Å². The monoisotopic (exact) mass is 257 g/mol. The summed E-state index contributed by atoms with van der Waals surface area (Å²) in [5.41, 5.74) is 7.37. The molecule has 0 aliphatic rings. The summed E-state index contributed by atoms with van der Waals surface area (Å²) in [4.78, 5) is 22.5. The van der Waals surface area contributed by atoms with Crippen molar-refractivity contribution in [3.63, 3.8) is 0 Å². The Morgan fingerprint density at radius 2 is 1.79 bits per heavy atom. The van der Waals surface area contributed by atoms with E-state index in [0.29, 0.717) is 5.69 Å². The van der Waals surface area contributed by atoms with Crippen molar-refractivity contribution < 1.29 is 14.7 Å². The Labute approximate surface area is 110 Å². The van der Waals surface area contributed by atoms with Gasteiger partial charge in [-0.15, -0.1) is 0 Å². The lowest BCUT2D eigenvalue weighted by Gasteiger charge is -2.12. The van der Waals surface area contributed by atoms with E-state index < -0.39 is 11.9 Å². The number of carbonyl (C=O) groups excluding carboxylic acids is 1. The molecule has 0 amide bonds. The highest BCUT2D eigenvalue weighted by molar-refractivity contribution is 5.99. The van der Waals surface area contributed by atoms with Gasteiger partial charge < -0.3 is 10.8 Å². The normalized spacial score (nSPS) is 12.3. The van der Waals surface area contributed by atoms with Crippen molar-refractivity contribution >= 4 is 28.2 Å². The number of nitrogen functional groups attached to an aromatic ring is 1. The molecule has 3 N–H and O–H groups in total. The Bertz CT molecular complexity index is 635. The quantitative estimate of drug-likeness (QED) is 0.650. The molecule has 0 radical (unpaired) electrons. The van der Waals surface area contributed by atoms with Crippen molar-refractivity contribution in [1.29, 1.82) is 0 Å². The fourth-order valence-electron chi connectivity index (χ4n) is 2.19. The number of Topliss-reactive ketones (excluding diaryl/α,β-unsaturated/α-hetero) is 1. The van der Waals surface area contributed by atoms with Crippen LogP contribution in [0.4, 0.5) is 5.69 Å². The molecule has 0 aliphatic heterocycles. The summed E-state index contributed by atoms with van der Waals surface area (Å²) < 4.78 is 0. The van der Waals surface area contributed by atoms with E-state index >= 15 is 0 Å². The molecule has 98 valence electrons. The first-order chi connectivity index (χ1) is 9.00. The zero-order valence-corrected chi connectivity index (χ0v) is 10.6. The van der Waals surface area contributed by atoms with Crippen LogP contribution in [0.5, 0.6) is 0 Å². The molecule has 0 bridgehead atoms. The highest BCUT2D eigenvalue weighted by Gasteiger charge is 2.23. The molecule has 2 aromatic carbocycles. The van der Waals surface area contributed by atoms with E-state index in [1.165, 1.54) is 6.92 Å². The number of hydrogen-bond donors (Lipinski definition) is 2. The summed E-state index contributed by atoms with van der Waals surface area (Å²) in [6.07, 6.45) is 0.186. The number of rotatable bonds is 4. The number of ketones is 1. The van der Waals surface area contributed by atoms with Gasteiger partial charge in [0.15, 0.2) is 0 Å². The minimum atomic E-state index is -1.09. The molecule has 0 heterocycles. The minimum absolute atomic E-state index is 0.186. The highest BCUT2D eigenvalue weighted by Crippen LogP contribution is 2.26. The summed E-state index contributed by atoms with van der Waals surface area (Å²) >= 11 is 0. The molecule has 4 heteroatoms. The summed E-state index contributed by atoms with van der Waals surface area (Å²) in [7, 11) is 0. The highest BCUT2D eigenvalue weighted by atomic mass is 16.4. The van der Waals surface area contributed by atoms with Crippen LogP contribution in [0.3, 0.4) is 0 Å². The second-order valence-corrected chi connectivity index (χ2v) is 4.57. The first kappa shape index (κ1) is 13.1. The number of anilines is 1. The second kappa shape index (κ2) is 5.10. The number of nitrogens with two attached hydrogens (primary N) is 1. The molecule has 0 aromatic heterocycles.